The minimum atomic E-state index is -1.07. The van der Waals surface area contributed by atoms with Gasteiger partial charge in [0.15, 0.2) is 0 Å². The number of carboxylic acid groups (broad SMARTS) is 1. The summed E-state index contributed by atoms with van der Waals surface area (Å²) < 4.78 is 5.03. The van der Waals surface area contributed by atoms with Gasteiger partial charge in [-0.05, 0) is 27.7 Å². The van der Waals surface area contributed by atoms with Crippen molar-refractivity contribution < 1.29 is 19.4 Å². The average Bonchev–Trinajstić information content (AvgIpc) is 2.13. The van der Waals surface area contributed by atoms with Crippen LogP contribution in [0, 0.1) is 11.3 Å². The van der Waals surface area contributed by atoms with Gasteiger partial charge >= 0.3 is 11.9 Å². The van der Waals surface area contributed by atoms with Gasteiger partial charge in [0.25, 0.3) is 0 Å². The van der Waals surface area contributed by atoms with Gasteiger partial charge in [-0.1, -0.05) is 0 Å². The molecule has 0 bridgehead atoms. The lowest BCUT2D eigenvalue weighted by molar-refractivity contribution is -0.155. The fraction of sp³-hybridized carbons (Fsp3) is 0.727. The summed E-state index contributed by atoms with van der Waals surface area (Å²) in [5, 5.41) is 20.0. The van der Waals surface area contributed by atoms with Gasteiger partial charge in [-0.15, -0.1) is 0 Å². The number of ether oxygens (including phenoxy) is 1. The zero-order valence-corrected chi connectivity index (χ0v) is 10.5. The number of nitriles is 1. The summed E-state index contributed by atoms with van der Waals surface area (Å²) in [7, 11) is 0. The lowest BCUT2D eigenvalue weighted by Gasteiger charge is -2.21. The Kier molecular flexibility index (Phi) is 5.62. The second-order valence-electron chi connectivity index (χ2n) is 4.70. The van der Waals surface area contributed by atoms with Gasteiger partial charge in [0, 0.05) is 0 Å². The summed E-state index contributed by atoms with van der Waals surface area (Å²) in [5.41, 5.74) is -0.616. The van der Waals surface area contributed by atoms with E-state index in [0.717, 1.165) is 0 Å². The van der Waals surface area contributed by atoms with Gasteiger partial charge in [0.1, 0.15) is 17.7 Å². The molecule has 0 radical (unpaired) electrons. The van der Waals surface area contributed by atoms with E-state index >= 15 is 0 Å². The number of carbonyl (C=O) groups is 2. The van der Waals surface area contributed by atoms with Crippen LogP contribution in [0.3, 0.4) is 0 Å². The lowest BCUT2D eigenvalue weighted by Crippen LogP contribution is -2.42. The van der Waals surface area contributed by atoms with Crippen molar-refractivity contribution in [3.8, 4) is 6.07 Å². The Morgan fingerprint density at radius 2 is 2.00 bits per heavy atom. The third-order valence-corrected chi connectivity index (χ3v) is 1.77. The number of hydrogen-bond donors (Lipinski definition) is 2. The molecule has 1 unspecified atom stereocenters. The number of carboxylic acids is 1. The Morgan fingerprint density at radius 3 is 2.35 bits per heavy atom. The molecule has 0 rings (SSSR count). The first kappa shape index (κ1) is 15.4. The van der Waals surface area contributed by atoms with Gasteiger partial charge in [-0.25, -0.2) is 0 Å². The number of nitrogens with one attached hydrogen (secondary N) is 1. The van der Waals surface area contributed by atoms with E-state index in [4.69, 9.17) is 15.1 Å². The number of hydrogen-bond acceptors (Lipinski definition) is 5. The van der Waals surface area contributed by atoms with Gasteiger partial charge < -0.3 is 9.84 Å². The smallest absolute Gasteiger partial charge is 0.320 e. The van der Waals surface area contributed by atoms with Crippen molar-refractivity contribution in [1.29, 1.82) is 5.26 Å². The summed E-state index contributed by atoms with van der Waals surface area (Å²) in [6.07, 6.45) is -0.175. The molecule has 0 aromatic heterocycles. The number of aliphatic carboxylic acids is 1. The van der Waals surface area contributed by atoms with E-state index in [1.165, 1.54) is 6.92 Å². The van der Waals surface area contributed by atoms with Crippen molar-refractivity contribution in [2.45, 2.75) is 51.8 Å². The van der Waals surface area contributed by atoms with Crippen LogP contribution in [0.4, 0.5) is 0 Å². The van der Waals surface area contributed by atoms with Gasteiger partial charge in [0.2, 0.25) is 0 Å². The number of nitrogens with zero attached hydrogens (tertiary/aromatic N) is 1. The quantitative estimate of drug-likeness (QED) is 0.687. The molecule has 0 aliphatic rings. The fourth-order valence-electron chi connectivity index (χ4n) is 1.06. The zero-order chi connectivity index (χ0) is 13.6. The molecule has 6 heteroatoms. The van der Waals surface area contributed by atoms with E-state index in [9.17, 15) is 9.59 Å². The highest BCUT2D eigenvalue weighted by Crippen LogP contribution is 2.09. The predicted molar refractivity (Wildman–Crippen MR) is 60.1 cm³/mol. The van der Waals surface area contributed by atoms with Crippen molar-refractivity contribution in [2.24, 2.45) is 0 Å². The molecular formula is C11H18N2O4. The molecule has 0 spiro atoms. The van der Waals surface area contributed by atoms with Crippen LogP contribution >= 0.6 is 0 Å². The van der Waals surface area contributed by atoms with E-state index in [-0.39, 0.29) is 6.42 Å². The van der Waals surface area contributed by atoms with Crippen molar-refractivity contribution >= 4 is 11.9 Å². The maximum atomic E-state index is 11.4. The first-order chi connectivity index (χ1) is 7.65. The minimum Gasteiger partial charge on any atom is -0.480 e. The monoisotopic (exact) mass is 242 g/mol. The second kappa shape index (κ2) is 6.21. The molecular weight excluding hydrogens is 224 g/mol. The predicted octanol–water partition coefficient (Wildman–Crippen LogP) is 0.673. The first-order valence-corrected chi connectivity index (χ1v) is 5.26. The van der Waals surface area contributed by atoms with Crippen molar-refractivity contribution in [2.75, 3.05) is 0 Å². The normalized spacial score (nSPS) is 14.5. The van der Waals surface area contributed by atoms with Gasteiger partial charge in [0.05, 0.1) is 12.5 Å². The summed E-state index contributed by atoms with van der Waals surface area (Å²) in [6.45, 7) is 6.57. The molecule has 0 fully saturated rings. The summed E-state index contributed by atoms with van der Waals surface area (Å²) in [5.74, 6) is -1.61. The van der Waals surface area contributed by atoms with Crippen LogP contribution in [0.25, 0.3) is 0 Å². The fourth-order valence-corrected chi connectivity index (χ4v) is 1.06. The molecule has 0 aromatic rings. The highest BCUT2D eigenvalue weighted by atomic mass is 16.6. The Balaban J connectivity index is 4.29. The highest BCUT2D eigenvalue weighted by Gasteiger charge is 2.22. The summed E-state index contributed by atoms with van der Waals surface area (Å²) in [6, 6.07) is 0.0774. The van der Waals surface area contributed by atoms with Crippen molar-refractivity contribution in [1.82, 2.24) is 5.32 Å². The van der Waals surface area contributed by atoms with Crippen LogP contribution in [-0.2, 0) is 14.3 Å². The van der Waals surface area contributed by atoms with Crippen LogP contribution in [0.5, 0.6) is 0 Å². The largest absolute Gasteiger partial charge is 0.480 e. The lowest BCUT2D eigenvalue weighted by atomic mass is 10.1. The first-order valence-electron chi connectivity index (χ1n) is 5.26. The SMILES string of the molecule is C[C@H](NC(C#N)CC(=O)OC(C)(C)C)C(=O)O. The maximum absolute atomic E-state index is 11.4. The van der Waals surface area contributed by atoms with Crippen molar-refractivity contribution in [3.63, 3.8) is 0 Å². The van der Waals surface area contributed by atoms with E-state index in [1.807, 2.05) is 6.07 Å². The zero-order valence-electron chi connectivity index (χ0n) is 10.5. The molecule has 2 atom stereocenters. The van der Waals surface area contributed by atoms with Gasteiger partial charge in [-0.3, -0.25) is 14.9 Å². The molecule has 0 aliphatic carbocycles. The summed E-state index contributed by atoms with van der Waals surface area (Å²) >= 11 is 0. The third-order valence-electron chi connectivity index (χ3n) is 1.77. The minimum absolute atomic E-state index is 0.175. The van der Waals surface area contributed by atoms with Crippen molar-refractivity contribution in [3.05, 3.63) is 0 Å². The molecule has 0 saturated heterocycles. The molecule has 0 aliphatic heterocycles. The average molecular weight is 242 g/mol. The third kappa shape index (κ3) is 7.30. The Morgan fingerprint density at radius 1 is 1.47 bits per heavy atom. The molecule has 96 valence electrons. The Labute approximate surface area is 101 Å². The number of esters is 1. The van der Waals surface area contributed by atoms with Crippen LogP contribution < -0.4 is 5.32 Å². The van der Waals surface area contributed by atoms with Crippen LogP contribution in [-0.4, -0.2) is 34.7 Å². The molecule has 0 saturated carbocycles. The molecule has 0 amide bonds. The molecule has 0 heterocycles. The van der Waals surface area contributed by atoms with E-state index in [2.05, 4.69) is 5.32 Å². The summed E-state index contributed by atoms with van der Waals surface area (Å²) in [4.78, 5) is 22.0. The van der Waals surface area contributed by atoms with Gasteiger partial charge in [-0.2, -0.15) is 5.26 Å². The number of carbonyl (C=O) groups excluding carboxylic acids is 1. The second-order valence-corrected chi connectivity index (χ2v) is 4.70. The van der Waals surface area contributed by atoms with Crippen LogP contribution in [0.1, 0.15) is 34.1 Å². The number of rotatable bonds is 5. The van der Waals surface area contributed by atoms with Crippen LogP contribution in [0.2, 0.25) is 0 Å². The highest BCUT2D eigenvalue weighted by molar-refractivity contribution is 5.74. The molecule has 6 nitrogen and oxygen atoms in total. The maximum Gasteiger partial charge on any atom is 0.320 e. The van der Waals surface area contributed by atoms with E-state index in [0.29, 0.717) is 0 Å². The van der Waals surface area contributed by atoms with E-state index < -0.39 is 29.6 Å². The molecule has 2 N–H and O–H groups in total. The Hall–Kier alpha value is -1.61. The molecule has 0 aromatic carbocycles. The standard InChI is InChI=1S/C11H18N2O4/c1-7(10(15)16)13-8(6-12)5-9(14)17-11(2,3)4/h7-8,13H,5H2,1-4H3,(H,15,16)/t7-,8?/m0/s1. The van der Waals surface area contributed by atoms with E-state index in [1.54, 1.807) is 20.8 Å². The Bertz CT molecular complexity index is 327. The molecule has 17 heavy (non-hydrogen) atoms. The topological polar surface area (TPSA) is 99.4 Å². The van der Waals surface area contributed by atoms with Crippen LogP contribution in [0.15, 0.2) is 0 Å².